The largest absolute Gasteiger partial charge is 0.367 e. The SMILES string of the molecule is Cc1cc(NC(C)Cc2cc(C)[nH]n2)nc(C(C)C)n1. The van der Waals surface area contributed by atoms with E-state index in [1.54, 1.807) is 0 Å². The van der Waals surface area contributed by atoms with E-state index in [4.69, 9.17) is 0 Å². The van der Waals surface area contributed by atoms with Crippen LogP contribution in [0, 0.1) is 13.8 Å². The smallest absolute Gasteiger partial charge is 0.133 e. The van der Waals surface area contributed by atoms with E-state index < -0.39 is 0 Å². The van der Waals surface area contributed by atoms with Gasteiger partial charge in [-0.1, -0.05) is 13.8 Å². The van der Waals surface area contributed by atoms with Crippen molar-refractivity contribution >= 4 is 5.82 Å². The first-order valence-electron chi connectivity index (χ1n) is 7.07. The first-order chi connectivity index (χ1) is 9.44. The van der Waals surface area contributed by atoms with Crippen molar-refractivity contribution in [3.63, 3.8) is 0 Å². The molecule has 0 aromatic carbocycles. The molecule has 2 aromatic heterocycles. The highest BCUT2D eigenvalue weighted by Crippen LogP contribution is 2.15. The number of anilines is 1. The van der Waals surface area contributed by atoms with Crippen molar-refractivity contribution in [1.29, 1.82) is 0 Å². The van der Waals surface area contributed by atoms with Crippen LogP contribution in [0.15, 0.2) is 12.1 Å². The van der Waals surface area contributed by atoms with Gasteiger partial charge in [0.2, 0.25) is 0 Å². The van der Waals surface area contributed by atoms with E-state index >= 15 is 0 Å². The van der Waals surface area contributed by atoms with Gasteiger partial charge in [-0.25, -0.2) is 9.97 Å². The van der Waals surface area contributed by atoms with Gasteiger partial charge >= 0.3 is 0 Å². The van der Waals surface area contributed by atoms with Crippen LogP contribution in [0.1, 0.15) is 49.6 Å². The summed E-state index contributed by atoms with van der Waals surface area (Å²) in [6.45, 7) is 10.4. The Labute approximate surface area is 120 Å². The Balaban J connectivity index is 2.05. The third kappa shape index (κ3) is 3.79. The zero-order valence-corrected chi connectivity index (χ0v) is 12.9. The molecule has 1 atom stereocenters. The highest BCUT2D eigenvalue weighted by atomic mass is 15.1. The summed E-state index contributed by atoms with van der Waals surface area (Å²) < 4.78 is 0. The molecule has 108 valence electrons. The topological polar surface area (TPSA) is 66.5 Å². The lowest BCUT2D eigenvalue weighted by molar-refractivity contribution is 0.739. The van der Waals surface area contributed by atoms with E-state index in [1.807, 2.05) is 19.9 Å². The molecule has 5 nitrogen and oxygen atoms in total. The first kappa shape index (κ1) is 14.5. The second kappa shape index (κ2) is 6.03. The normalized spacial score (nSPS) is 12.7. The molecular weight excluding hydrogens is 250 g/mol. The van der Waals surface area contributed by atoms with Gasteiger partial charge in [0, 0.05) is 35.8 Å². The van der Waals surface area contributed by atoms with Crippen LogP contribution in [0.2, 0.25) is 0 Å². The van der Waals surface area contributed by atoms with E-state index in [1.165, 1.54) is 0 Å². The lowest BCUT2D eigenvalue weighted by Gasteiger charge is -2.15. The van der Waals surface area contributed by atoms with Crippen molar-refractivity contribution in [3.05, 3.63) is 35.0 Å². The molecular formula is C15H23N5. The van der Waals surface area contributed by atoms with Gasteiger partial charge in [-0.3, -0.25) is 5.10 Å². The lowest BCUT2D eigenvalue weighted by atomic mass is 10.1. The summed E-state index contributed by atoms with van der Waals surface area (Å²) in [6, 6.07) is 4.33. The number of rotatable bonds is 5. The third-order valence-corrected chi connectivity index (χ3v) is 3.06. The van der Waals surface area contributed by atoms with Gasteiger partial charge in [-0.2, -0.15) is 5.10 Å². The number of hydrogen-bond donors (Lipinski definition) is 2. The molecule has 0 aliphatic carbocycles. The van der Waals surface area contributed by atoms with Crippen molar-refractivity contribution in [2.24, 2.45) is 0 Å². The number of nitrogens with one attached hydrogen (secondary N) is 2. The maximum absolute atomic E-state index is 4.57. The third-order valence-electron chi connectivity index (χ3n) is 3.06. The van der Waals surface area contributed by atoms with Crippen molar-refractivity contribution in [2.45, 2.75) is 53.0 Å². The summed E-state index contributed by atoms with van der Waals surface area (Å²) in [5, 5.41) is 10.7. The average Bonchev–Trinajstić information content (AvgIpc) is 2.73. The molecule has 0 radical (unpaired) electrons. The molecule has 0 amide bonds. The van der Waals surface area contributed by atoms with Gasteiger partial charge in [0.25, 0.3) is 0 Å². The predicted molar refractivity (Wildman–Crippen MR) is 81.0 cm³/mol. The fraction of sp³-hybridized carbons (Fsp3) is 0.533. The second-order valence-corrected chi connectivity index (χ2v) is 5.70. The summed E-state index contributed by atoms with van der Waals surface area (Å²) in [6.07, 6.45) is 0.865. The Morgan fingerprint density at radius 3 is 2.50 bits per heavy atom. The minimum absolute atomic E-state index is 0.270. The predicted octanol–water partition coefficient (Wildman–Crippen LogP) is 2.98. The Kier molecular flexibility index (Phi) is 4.37. The molecule has 2 rings (SSSR count). The standard InChI is InChI=1S/C15H23N5/c1-9(2)15-17-11(4)8-14(18-15)16-10(3)6-13-7-12(5)19-20-13/h7-10H,6H2,1-5H3,(H,19,20)(H,16,17,18). The molecule has 2 N–H and O–H groups in total. The molecule has 0 fully saturated rings. The summed E-state index contributed by atoms with van der Waals surface area (Å²) in [4.78, 5) is 9.03. The van der Waals surface area contributed by atoms with Crippen LogP contribution in [0.4, 0.5) is 5.82 Å². The quantitative estimate of drug-likeness (QED) is 0.879. The molecule has 0 saturated heterocycles. The molecule has 0 aliphatic rings. The molecule has 20 heavy (non-hydrogen) atoms. The fourth-order valence-electron chi connectivity index (χ4n) is 2.12. The van der Waals surface area contributed by atoms with Gasteiger partial charge in [0.05, 0.1) is 5.69 Å². The van der Waals surface area contributed by atoms with Gasteiger partial charge < -0.3 is 5.32 Å². The van der Waals surface area contributed by atoms with E-state index in [9.17, 15) is 0 Å². The number of aryl methyl sites for hydroxylation is 2. The van der Waals surface area contributed by atoms with E-state index in [0.717, 1.165) is 35.1 Å². The number of H-pyrrole nitrogens is 1. The van der Waals surface area contributed by atoms with E-state index in [0.29, 0.717) is 5.92 Å². The Morgan fingerprint density at radius 1 is 1.15 bits per heavy atom. The molecule has 1 unspecified atom stereocenters. The average molecular weight is 273 g/mol. The zero-order valence-electron chi connectivity index (χ0n) is 12.9. The Morgan fingerprint density at radius 2 is 1.90 bits per heavy atom. The van der Waals surface area contributed by atoms with Gasteiger partial charge in [0.1, 0.15) is 11.6 Å². The molecule has 0 aliphatic heterocycles. The molecule has 0 bridgehead atoms. The van der Waals surface area contributed by atoms with Crippen molar-refractivity contribution < 1.29 is 0 Å². The monoisotopic (exact) mass is 273 g/mol. The van der Waals surface area contributed by atoms with Gasteiger partial charge in [-0.05, 0) is 26.8 Å². The van der Waals surface area contributed by atoms with Crippen molar-refractivity contribution in [3.8, 4) is 0 Å². The molecule has 0 saturated carbocycles. The highest BCUT2D eigenvalue weighted by Gasteiger charge is 2.10. The van der Waals surface area contributed by atoms with Gasteiger partial charge in [0.15, 0.2) is 0 Å². The molecule has 5 heteroatoms. The Bertz CT molecular complexity index is 573. The number of aromatic amines is 1. The maximum atomic E-state index is 4.57. The van der Waals surface area contributed by atoms with Crippen LogP contribution in [0.25, 0.3) is 0 Å². The molecule has 2 heterocycles. The first-order valence-corrected chi connectivity index (χ1v) is 7.07. The van der Waals surface area contributed by atoms with Crippen LogP contribution in [0.3, 0.4) is 0 Å². The van der Waals surface area contributed by atoms with Crippen molar-refractivity contribution in [1.82, 2.24) is 20.2 Å². The maximum Gasteiger partial charge on any atom is 0.133 e. The summed E-state index contributed by atoms with van der Waals surface area (Å²) in [7, 11) is 0. The van der Waals surface area contributed by atoms with Crippen LogP contribution in [-0.4, -0.2) is 26.2 Å². The number of nitrogens with zero attached hydrogens (tertiary/aromatic N) is 3. The second-order valence-electron chi connectivity index (χ2n) is 5.70. The summed E-state index contributed by atoms with van der Waals surface area (Å²) in [5.74, 6) is 2.11. The minimum Gasteiger partial charge on any atom is -0.367 e. The lowest BCUT2D eigenvalue weighted by Crippen LogP contribution is -2.20. The van der Waals surface area contributed by atoms with Crippen LogP contribution in [0.5, 0.6) is 0 Å². The van der Waals surface area contributed by atoms with Crippen molar-refractivity contribution in [2.75, 3.05) is 5.32 Å². The van der Waals surface area contributed by atoms with Crippen LogP contribution < -0.4 is 5.32 Å². The fourth-order valence-corrected chi connectivity index (χ4v) is 2.12. The summed E-state index contributed by atoms with van der Waals surface area (Å²) >= 11 is 0. The molecule has 0 spiro atoms. The number of aromatic nitrogens is 4. The minimum atomic E-state index is 0.270. The number of hydrogen-bond acceptors (Lipinski definition) is 4. The van der Waals surface area contributed by atoms with Gasteiger partial charge in [-0.15, -0.1) is 0 Å². The molecule has 2 aromatic rings. The Hall–Kier alpha value is -1.91. The van der Waals surface area contributed by atoms with Crippen LogP contribution >= 0.6 is 0 Å². The van der Waals surface area contributed by atoms with E-state index in [-0.39, 0.29) is 6.04 Å². The highest BCUT2D eigenvalue weighted by molar-refractivity contribution is 5.37. The van der Waals surface area contributed by atoms with Crippen LogP contribution in [-0.2, 0) is 6.42 Å². The summed E-state index contributed by atoms with van der Waals surface area (Å²) in [5.41, 5.74) is 3.15. The van der Waals surface area contributed by atoms with E-state index in [2.05, 4.69) is 52.3 Å². The zero-order chi connectivity index (χ0) is 14.7.